The Morgan fingerprint density at radius 1 is 1.25 bits per heavy atom. The highest BCUT2D eigenvalue weighted by Gasteiger charge is 2.40. The monoisotopic (exact) mass is 277 g/mol. The number of anilines is 1. The van der Waals surface area contributed by atoms with E-state index < -0.39 is 23.7 Å². The van der Waals surface area contributed by atoms with Crippen LogP contribution < -0.4 is 4.90 Å². The zero-order valence-electron chi connectivity index (χ0n) is 12.2. The Morgan fingerprint density at radius 2 is 1.90 bits per heavy atom. The van der Waals surface area contributed by atoms with Gasteiger partial charge < -0.3 is 9.47 Å². The molecule has 0 unspecified atom stereocenters. The topological polar surface area (TPSA) is 55.8 Å². The van der Waals surface area contributed by atoms with Crippen molar-refractivity contribution in [3.63, 3.8) is 0 Å². The lowest BCUT2D eigenvalue weighted by Gasteiger charge is -2.27. The highest BCUT2D eigenvalue weighted by molar-refractivity contribution is 5.99. The lowest BCUT2D eigenvalue weighted by Crippen LogP contribution is -2.45. The number of esters is 1. The summed E-state index contributed by atoms with van der Waals surface area (Å²) >= 11 is 0. The van der Waals surface area contributed by atoms with Crippen LogP contribution in [0.5, 0.6) is 0 Å². The predicted octanol–water partition coefficient (Wildman–Crippen LogP) is 2.53. The Bertz CT molecular complexity index is 533. The van der Waals surface area contributed by atoms with Crippen LogP contribution in [0, 0.1) is 0 Å². The molecule has 0 aliphatic carbocycles. The van der Waals surface area contributed by atoms with E-state index in [1.54, 1.807) is 20.8 Å². The van der Waals surface area contributed by atoms with Crippen molar-refractivity contribution in [3.8, 4) is 0 Å². The summed E-state index contributed by atoms with van der Waals surface area (Å²) < 4.78 is 10.2. The van der Waals surface area contributed by atoms with E-state index >= 15 is 0 Å². The quantitative estimate of drug-likeness (QED) is 0.740. The molecule has 1 atom stereocenters. The van der Waals surface area contributed by atoms with E-state index in [-0.39, 0.29) is 0 Å². The average Bonchev–Trinajstić information content (AvgIpc) is 2.75. The van der Waals surface area contributed by atoms with E-state index in [1.165, 1.54) is 12.0 Å². The molecule has 0 spiro atoms. The zero-order valence-corrected chi connectivity index (χ0v) is 12.2. The molecule has 0 saturated heterocycles. The smallest absolute Gasteiger partial charge is 0.415 e. The van der Waals surface area contributed by atoms with Crippen molar-refractivity contribution in [1.82, 2.24) is 0 Å². The minimum Gasteiger partial charge on any atom is -0.467 e. The fraction of sp³-hybridized carbons (Fsp3) is 0.467. The maximum absolute atomic E-state index is 12.4. The summed E-state index contributed by atoms with van der Waals surface area (Å²) in [5, 5.41) is 0. The van der Waals surface area contributed by atoms with Crippen molar-refractivity contribution in [2.75, 3.05) is 12.0 Å². The van der Waals surface area contributed by atoms with Gasteiger partial charge >= 0.3 is 12.1 Å². The molecule has 20 heavy (non-hydrogen) atoms. The summed E-state index contributed by atoms with van der Waals surface area (Å²) in [5.41, 5.74) is 1.03. The summed E-state index contributed by atoms with van der Waals surface area (Å²) in [4.78, 5) is 25.6. The molecule has 1 heterocycles. The first-order valence-electron chi connectivity index (χ1n) is 6.51. The summed E-state index contributed by atoms with van der Waals surface area (Å²) in [5.74, 6) is -0.438. The summed E-state index contributed by atoms with van der Waals surface area (Å²) in [7, 11) is 1.32. The third-order valence-corrected chi connectivity index (χ3v) is 3.04. The van der Waals surface area contributed by atoms with Crippen LogP contribution in [-0.4, -0.2) is 30.8 Å². The molecule has 0 aromatic heterocycles. The van der Waals surface area contributed by atoms with E-state index in [0.717, 1.165) is 5.56 Å². The van der Waals surface area contributed by atoms with Gasteiger partial charge in [-0.25, -0.2) is 9.59 Å². The number of nitrogens with zero attached hydrogens (tertiary/aromatic N) is 1. The number of hydrogen-bond acceptors (Lipinski definition) is 4. The summed E-state index contributed by atoms with van der Waals surface area (Å²) in [6.45, 7) is 5.38. The van der Waals surface area contributed by atoms with E-state index in [9.17, 15) is 9.59 Å². The van der Waals surface area contributed by atoms with Crippen LogP contribution >= 0.6 is 0 Å². The van der Waals surface area contributed by atoms with E-state index in [0.29, 0.717) is 12.1 Å². The molecule has 0 radical (unpaired) electrons. The molecule has 0 N–H and O–H groups in total. The van der Waals surface area contributed by atoms with Crippen molar-refractivity contribution in [3.05, 3.63) is 29.8 Å². The third kappa shape index (κ3) is 2.76. The molecule has 0 bridgehead atoms. The molecule has 1 aromatic rings. The van der Waals surface area contributed by atoms with Gasteiger partial charge in [0.05, 0.1) is 12.8 Å². The van der Waals surface area contributed by atoms with Gasteiger partial charge in [-0.3, -0.25) is 4.90 Å². The summed E-state index contributed by atoms with van der Waals surface area (Å²) in [6.07, 6.45) is -0.0833. The number of fused-ring (bicyclic) bond motifs is 1. The minimum absolute atomic E-state index is 0.438. The first-order chi connectivity index (χ1) is 9.33. The Kier molecular flexibility index (Phi) is 3.70. The zero-order chi connectivity index (χ0) is 14.9. The van der Waals surface area contributed by atoms with Gasteiger partial charge in [-0.2, -0.15) is 0 Å². The average molecular weight is 277 g/mol. The molecule has 1 amide bonds. The minimum atomic E-state index is -0.660. The molecule has 2 rings (SSSR count). The predicted molar refractivity (Wildman–Crippen MR) is 74.7 cm³/mol. The first kappa shape index (κ1) is 14.4. The third-order valence-electron chi connectivity index (χ3n) is 3.04. The number of carbonyl (C=O) groups is 2. The van der Waals surface area contributed by atoms with Crippen LogP contribution in [0.3, 0.4) is 0 Å². The van der Waals surface area contributed by atoms with Gasteiger partial charge in [0.15, 0.2) is 0 Å². The van der Waals surface area contributed by atoms with Crippen molar-refractivity contribution in [1.29, 1.82) is 0 Å². The number of methoxy groups -OCH3 is 1. The van der Waals surface area contributed by atoms with Crippen LogP contribution in [0.15, 0.2) is 24.3 Å². The number of benzene rings is 1. The highest BCUT2D eigenvalue weighted by atomic mass is 16.6. The number of carbonyl (C=O) groups excluding carboxylic acids is 2. The summed E-state index contributed by atoms with van der Waals surface area (Å²) in [6, 6.07) is 6.76. The van der Waals surface area contributed by atoms with Gasteiger partial charge in [-0.15, -0.1) is 0 Å². The van der Waals surface area contributed by atoms with Gasteiger partial charge in [-0.05, 0) is 32.4 Å². The van der Waals surface area contributed by atoms with Crippen LogP contribution in [0.1, 0.15) is 26.3 Å². The number of ether oxygens (including phenoxy) is 2. The number of para-hydroxylation sites is 1. The number of amides is 1. The molecule has 1 aliphatic rings. The molecule has 1 aromatic carbocycles. The van der Waals surface area contributed by atoms with Gasteiger partial charge in [0.25, 0.3) is 0 Å². The second kappa shape index (κ2) is 5.15. The van der Waals surface area contributed by atoms with Gasteiger partial charge in [0, 0.05) is 6.42 Å². The second-order valence-corrected chi connectivity index (χ2v) is 5.72. The fourth-order valence-corrected chi connectivity index (χ4v) is 2.25. The largest absolute Gasteiger partial charge is 0.467 e. The molecular weight excluding hydrogens is 258 g/mol. The van der Waals surface area contributed by atoms with Crippen LogP contribution in [0.2, 0.25) is 0 Å². The van der Waals surface area contributed by atoms with Gasteiger partial charge in [0.2, 0.25) is 0 Å². The van der Waals surface area contributed by atoms with E-state index in [2.05, 4.69) is 0 Å². The van der Waals surface area contributed by atoms with Gasteiger partial charge in [0.1, 0.15) is 11.6 Å². The molecule has 5 nitrogen and oxygen atoms in total. The van der Waals surface area contributed by atoms with Crippen LogP contribution in [0.4, 0.5) is 10.5 Å². The number of rotatable bonds is 1. The fourth-order valence-electron chi connectivity index (χ4n) is 2.25. The lowest BCUT2D eigenvalue weighted by molar-refractivity contribution is -0.142. The standard InChI is InChI=1S/C15H19NO4/c1-15(2,3)20-14(18)16-11-8-6-5-7-10(11)9-12(16)13(17)19-4/h5-8,12H,9H2,1-4H3/t12-/m0/s1. The number of hydrogen-bond donors (Lipinski definition) is 0. The lowest BCUT2D eigenvalue weighted by atomic mass is 10.1. The van der Waals surface area contributed by atoms with E-state index in [1.807, 2.05) is 24.3 Å². The molecule has 108 valence electrons. The molecule has 5 heteroatoms. The maximum atomic E-state index is 12.4. The van der Waals surface area contributed by atoms with Crippen LogP contribution in [-0.2, 0) is 20.7 Å². The Hall–Kier alpha value is -2.04. The van der Waals surface area contributed by atoms with Crippen molar-refractivity contribution in [2.24, 2.45) is 0 Å². The molecule has 0 fully saturated rings. The van der Waals surface area contributed by atoms with Crippen LogP contribution in [0.25, 0.3) is 0 Å². The molecule has 1 aliphatic heterocycles. The normalized spacial score (nSPS) is 17.6. The van der Waals surface area contributed by atoms with Crippen molar-refractivity contribution < 1.29 is 19.1 Å². The maximum Gasteiger partial charge on any atom is 0.415 e. The van der Waals surface area contributed by atoms with Crippen molar-refractivity contribution >= 4 is 17.7 Å². The SMILES string of the molecule is COC(=O)[C@@H]1Cc2ccccc2N1C(=O)OC(C)(C)C. The highest BCUT2D eigenvalue weighted by Crippen LogP contribution is 2.33. The second-order valence-electron chi connectivity index (χ2n) is 5.72. The molecule has 0 saturated carbocycles. The Morgan fingerprint density at radius 3 is 2.50 bits per heavy atom. The Balaban J connectivity index is 2.34. The van der Waals surface area contributed by atoms with E-state index in [4.69, 9.17) is 9.47 Å². The molecular formula is C15H19NO4. The Labute approximate surface area is 118 Å². The first-order valence-corrected chi connectivity index (χ1v) is 6.51. The van der Waals surface area contributed by atoms with Gasteiger partial charge in [-0.1, -0.05) is 18.2 Å². The van der Waals surface area contributed by atoms with Crippen molar-refractivity contribution in [2.45, 2.75) is 38.8 Å².